The summed E-state index contributed by atoms with van der Waals surface area (Å²) < 4.78 is 8.41. The van der Waals surface area contributed by atoms with Crippen molar-refractivity contribution in [3.8, 4) is 5.75 Å². The Balaban J connectivity index is 1.81. The van der Waals surface area contributed by atoms with Gasteiger partial charge in [0.2, 0.25) is 0 Å². The van der Waals surface area contributed by atoms with Gasteiger partial charge in [0.05, 0.1) is 6.33 Å². The molecule has 3 rings (SSSR count). The molecule has 0 radical (unpaired) electrons. The number of ether oxygens (including phenoxy) is 1. The van der Waals surface area contributed by atoms with Gasteiger partial charge in [-0.3, -0.25) is 0 Å². The van der Waals surface area contributed by atoms with Gasteiger partial charge in [0.15, 0.2) is 0 Å². The Morgan fingerprint density at radius 2 is 1.92 bits per heavy atom. The molecule has 3 aromatic rings. The molecule has 0 amide bonds. The lowest BCUT2D eigenvalue weighted by Crippen LogP contribution is -2.11. The summed E-state index contributed by atoms with van der Waals surface area (Å²) in [6, 6.07) is 14.2. The number of nitrogens with zero attached hydrogens (tertiary/aromatic N) is 2. The predicted molar refractivity (Wildman–Crippen MR) is 97.6 cm³/mol. The maximum absolute atomic E-state index is 6.35. The molecule has 0 saturated heterocycles. The van der Waals surface area contributed by atoms with Crippen molar-refractivity contribution in [2.75, 3.05) is 0 Å². The molecule has 0 aliphatic carbocycles. The van der Waals surface area contributed by atoms with Crippen LogP contribution in [0.3, 0.4) is 0 Å². The van der Waals surface area contributed by atoms with Gasteiger partial charge in [0.1, 0.15) is 11.9 Å². The quantitative estimate of drug-likeness (QED) is 0.603. The first kappa shape index (κ1) is 16.6. The van der Waals surface area contributed by atoms with E-state index in [0.717, 1.165) is 34.9 Å². The fraction of sp³-hybridized carbons (Fsp3) is 0.250. The van der Waals surface area contributed by atoms with E-state index < -0.39 is 0 Å². The van der Waals surface area contributed by atoms with E-state index in [-0.39, 0.29) is 6.10 Å². The summed E-state index contributed by atoms with van der Waals surface area (Å²) in [5.74, 6) is 0.922. The van der Waals surface area contributed by atoms with Crippen molar-refractivity contribution in [3.05, 3.63) is 82.9 Å². The van der Waals surface area contributed by atoms with Crippen molar-refractivity contribution in [2.45, 2.75) is 32.9 Å². The highest BCUT2D eigenvalue weighted by atomic mass is 35.5. The summed E-state index contributed by atoms with van der Waals surface area (Å²) in [6.07, 6.45) is 6.41. The monoisotopic (exact) mass is 340 g/mol. The molecule has 0 unspecified atom stereocenters. The van der Waals surface area contributed by atoms with E-state index in [1.165, 1.54) is 5.56 Å². The molecule has 0 saturated carbocycles. The number of hydrogen-bond donors (Lipinski definition) is 0. The molecule has 124 valence electrons. The average molecular weight is 341 g/mol. The van der Waals surface area contributed by atoms with Crippen molar-refractivity contribution in [1.29, 1.82) is 0 Å². The average Bonchev–Trinajstić information content (AvgIpc) is 3.08. The molecule has 0 bridgehead atoms. The zero-order chi connectivity index (χ0) is 16.9. The van der Waals surface area contributed by atoms with Gasteiger partial charge in [0, 0.05) is 30.4 Å². The third-order valence-corrected chi connectivity index (χ3v) is 4.30. The standard InChI is InChI=1S/C20H21ClN2O/c1-15-3-8-19(16(2)13-15)24-20(9-11-23-12-10-22-14-23)17-4-6-18(21)7-5-17/h3-8,10,12-14,20H,9,11H2,1-2H3/t20-/m1/s1. The molecule has 0 N–H and O–H groups in total. The number of aromatic nitrogens is 2. The first-order valence-corrected chi connectivity index (χ1v) is 8.45. The molecular formula is C20H21ClN2O. The van der Waals surface area contributed by atoms with E-state index in [1.54, 1.807) is 6.20 Å². The largest absolute Gasteiger partial charge is 0.485 e. The van der Waals surface area contributed by atoms with Crippen LogP contribution in [-0.4, -0.2) is 9.55 Å². The van der Waals surface area contributed by atoms with Crippen LogP contribution >= 0.6 is 11.6 Å². The molecule has 4 heteroatoms. The molecule has 1 heterocycles. The summed E-state index contributed by atoms with van der Waals surface area (Å²) in [4.78, 5) is 4.10. The number of imidazole rings is 1. The molecule has 24 heavy (non-hydrogen) atoms. The summed E-state index contributed by atoms with van der Waals surface area (Å²) >= 11 is 6.02. The number of halogens is 1. The van der Waals surface area contributed by atoms with E-state index in [0.29, 0.717) is 0 Å². The van der Waals surface area contributed by atoms with Crippen molar-refractivity contribution in [1.82, 2.24) is 9.55 Å². The Kier molecular flexibility index (Phi) is 5.21. The second kappa shape index (κ2) is 7.54. The Morgan fingerprint density at radius 3 is 2.58 bits per heavy atom. The van der Waals surface area contributed by atoms with Gasteiger partial charge in [0.25, 0.3) is 0 Å². The topological polar surface area (TPSA) is 27.1 Å². The van der Waals surface area contributed by atoms with Crippen LogP contribution in [0, 0.1) is 13.8 Å². The predicted octanol–water partition coefficient (Wildman–Crippen LogP) is 5.36. The van der Waals surface area contributed by atoms with Crippen LogP contribution in [0.15, 0.2) is 61.2 Å². The molecule has 2 aromatic carbocycles. The lowest BCUT2D eigenvalue weighted by Gasteiger charge is -2.21. The maximum atomic E-state index is 6.35. The van der Waals surface area contributed by atoms with Crippen molar-refractivity contribution in [2.24, 2.45) is 0 Å². The Hall–Kier alpha value is -2.26. The first-order valence-electron chi connectivity index (χ1n) is 8.07. The maximum Gasteiger partial charge on any atom is 0.125 e. The lowest BCUT2D eigenvalue weighted by atomic mass is 10.1. The molecule has 0 aliphatic heterocycles. The Labute approximate surface area is 147 Å². The highest BCUT2D eigenvalue weighted by Crippen LogP contribution is 2.29. The second-order valence-corrected chi connectivity index (χ2v) is 6.45. The number of rotatable bonds is 6. The highest BCUT2D eigenvalue weighted by Gasteiger charge is 2.15. The fourth-order valence-electron chi connectivity index (χ4n) is 2.74. The summed E-state index contributed by atoms with van der Waals surface area (Å²) in [6.45, 7) is 5.02. The zero-order valence-electron chi connectivity index (χ0n) is 13.9. The van der Waals surface area contributed by atoms with E-state index >= 15 is 0 Å². The van der Waals surface area contributed by atoms with Crippen LogP contribution in [0.25, 0.3) is 0 Å². The third-order valence-electron chi connectivity index (χ3n) is 4.05. The van der Waals surface area contributed by atoms with E-state index in [4.69, 9.17) is 16.3 Å². The summed E-state index contributed by atoms with van der Waals surface area (Å²) in [5, 5.41) is 0.735. The van der Waals surface area contributed by atoms with Crippen LogP contribution in [0.5, 0.6) is 5.75 Å². The second-order valence-electron chi connectivity index (χ2n) is 6.02. The first-order chi connectivity index (χ1) is 11.6. The van der Waals surface area contributed by atoms with Gasteiger partial charge in [-0.05, 0) is 43.2 Å². The molecule has 1 aromatic heterocycles. The number of hydrogen-bond acceptors (Lipinski definition) is 2. The minimum absolute atomic E-state index is 0.0360. The van der Waals surface area contributed by atoms with Gasteiger partial charge in [-0.25, -0.2) is 4.98 Å². The normalized spacial score (nSPS) is 12.1. The molecule has 0 aliphatic rings. The van der Waals surface area contributed by atoms with Gasteiger partial charge >= 0.3 is 0 Å². The van der Waals surface area contributed by atoms with Crippen LogP contribution < -0.4 is 4.74 Å². The lowest BCUT2D eigenvalue weighted by molar-refractivity contribution is 0.186. The summed E-state index contributed by atoms with van der Waals surface area (Å²) in [7, 11) is 0. The molecule has 1 atom stereocenters. The smallest absolute Gasteiger partial charge is 0.125 e. The van der Waals surface area contributed by atoms with Gasteiger partial charge < -0.3 is 9.30 Å². The van der Waals surface area contributed by atoms with Crippen LogP contribution in [0.2, 0.25) is 5.02 Å². The van der Waals surface area contributed by atoms with Crippen molar-refractivity contribution in [3.63, 3.8) is 0 Å². The van der Waals surface area contributed by atoms with Gasteiger partial charge in [-0.2, -0.15) is 0 Å². The van der Waals surface area contributed by atoms with E-state index in [2.05, 4.69) is 35.5 Å². The van der Waals surface area contributed by atoms with Crippen LogP contribution in [-0.2, 0) is 6.54 Å². The number of aryl methyl sites for hydroxylation is 3. The molecule has 0 spiro atoms. The number of benzene rings is 2. The third kappa shape index (κ3) is 4.18. The Morgan fingerprint density at radius 1 is 1.12 bits per heavy atom. The van der Waals surface area contributed by atoms with Gasteiger partial charge in [-0.1, -0.05) is 41.4 Å². The zero-order valence-corrected chi connectivity index (χ0v) is 14.7. The van der Waals surface area contributed by atoms with Crippen LogP contribution in [0.4, 0.5) is 0 Å². The fourth-order valence-corrected chi connectivity index (χ4v) is 2.87. The molecule has 0 fully saturated rings. The van der Waals surface area contributed by atoms with Crippen molar-refractivity contribution < 1.29 is 4.74 Å². The molecule has 3 nitrogen and oxygen atoms in total. The van der Waals surface area contributed by atoms with Crippen molar-refractivity contribution >= 4 is 11.6 Å². The minimum atomic E-state index is -0.0360. The Bertz CT molecular complexity index is 782. The van der Waals surface area contributed by atoms with E-state index in [9.17, 15) is 0 Å². The van der Waals surface area contributed by atoms with Gasteiger partial charge in [-0.15, -0.1) is 0 Å². The summed E-state index contributed by atoms with van der Waals surface area (Å²) in [5.41, 5.74) is 3.51. The SMILES string of the molecule is Cc1ccc(O[C@H](CCn2ccnc2)c2ccc(Cl)cc2)c(C)c1. The van der Waals surface area contributed by atoms with E-state index in [1.807, 2.05) is 42.9 Å². The van der Waals surface area contributed by atoms with Crippen LogP contribution in [0.1, 0.15) is 29.2 Å². The molecular weight excluding hydrogens is 320 g/mol. The minimum Gasteiger partial charge on any atom is -0.485 e. The highest BCUT2D eigenvalue weighted by molar-refractivity contribution is 6.30.